The number of aromatic nitrogens is 3. The number of H-pyrrole nitrogens is 2. The number of carboxylic acid groups (broad SMARTS) is 1. The maximum Gasteiger partial charge on any atom is 0.307 e. The third-order valence-corrected chi connectivity index (χ3v) is 4.87. The zero-order valence-electron chi connectivity index (χ0n) is 15.5. The van der Waals surface area contributed by atoms with Gasteiger partial charge in [0.15, 0.2) is 0 Å². The molecule has 0 aliphatic carbocycles. The number of carboxylic acids is 1. The van der Waals surface area contributed by atoms with Gasteiger partial charge < -0.3 is 21.1 Å². The molecule has 0 saturated heterocycles. The number of rotatable bonds is 8. The Bertz CT molecular complexity index is 1130. The fourth-order valence-corrected chi connectivity index (χ4v) is 3.51. The lowest BCUT2D eigenvalue weighted by Crippen LogP contribution is -2.17. The highest BCUT2D eigenvalue weighted by Crippen LogP contribution is 2.30. The van der Waals surface area contributed by atoms with Crippen molar-refractivity contribution >= 4 is 27.8 Å². The Morgan fingerprint density at radius 1 is 1.14 bits per heavy atom. The SMILES string of the molecule is NCCCNCc1cccc2[nH]c(-c3n[nH]c4cc(CC(=O)O)ccc34)cc12. The predicted octanol–water partition coefficient (Wildman–Crippen LogP) is 2.78. The van der Waals surface area contributed by atoms with Crippen molar-refractivity contribution in [3.63, 3.8) is 0 Å². The molecule has 6 N–H and O–H groups in total. The second-order valence-electron chi connectivity index (χ2n) is 6.90. The largest absolute Gasteiger partial charge is 0.481 e. The topological polar surface area (TPSA) is 120 Å². The number of nitrogens with zero attached hydrogens (tertiary/aromatic N) is 1. The lowest BCUT2D eigenvalue weighted by atomic mass is 10.1. The van der Waals surface area contributed by atoms with Crippen LogP contribution in [0, 0.1) is 0 Å². The van der Waals surface area contributed by atoms with E-state index in [0.717, 1.165) is 58.3 Å². The molecule has 2 aromatic carbocycles. The molecule has 0 aliphatic rings. The zero-order chi connectivity index (χ0) is 19.5. The molecule has 2 aromatic heterocycles. The first-order chi connectivity index (χ1) is 13.7. The van der Waals surface area contributed by atoms with Crippen molar-refractivity contribution in [3.8, 4) is 11.4 Å². The summed E-state index contributed by atoms with van der Waals surface area (Å²) < 4.78 is 0. The highest BCUT2D eigenvalue weighted by atomic mass is 16.4. The van der Waals surface area contributed by atoms with E-state index in [1.807, 2.05) is 24.3 Å². The minimum atomic E-state index is -0.845. The zero-order valence-corrected chi connectivity index (χ0v) is 15.5. The second-order valence-corrected chi connectivity index (χ2v) is 6.90. The first-order valence-corrected chi connectivity index (χ1v) is 9.36. The molecule has 0 bridgehead atoms. The van der Waals surface area contributed by atoms with E-state index in [1.54, 1.807) is 0 Å². The summed E-state index contributed by atoms with van der Waals surface area (Å²) in [5, 5.41) is 22.0. The molecule has 4 aromatic rings. The van der Waals surface area contributed by atoms with Crippen molar-refractivity contribution in [3.05, 3.63) is 53.6 Å². The van der Waals surface area contributed by atoms with Gasteiger partial charge >= 0.3 is 5.97 Å². The number of hydrogen-bond acceptors (Lipinski definition) is 4. The molecular weight excluding hydrogens is 354 g/mol. The van der Waals surface area contributed by atoms with Gasteiger partial charge in [-0.15, -0.1) is 0 Å². The monoisotopic (exact) mass is 377 g/mol. The molecule has 7 heteroatoms. The van der Waals surface area contributed by atoms with Crippen molar-refractivity contribution < 1.29 is 9.90 Å². The van der Waals surface area contributed by atoms with E-state index in [-0.39, 0.29) is 6.42 Å². The molecular formula is C21H23N5O2. The molecule has 0 aliphatic heterocycles. The molecule has 0 radical (unpaired) electrons. The van der Waals surface area contributed by atoms with Crippen molar-refractivity contribution in [2.75, 3.05) is 13.1 Å². The Labute approximate surface area is 161 Å². The van der Waals surface area contributed by atoms with Crippen molar-refractivity contribution in [2.45, 2.75) is 19.4 Å². The molecule has 0 fully saturated rings. The summed E-state index contributed by atoms with van der Waals surface area (Å²) in [6, 6.07) is 13.9. The first-order valence-electron chi connectivity index (χ1n) is 9.36. The van der Waals surface area contributed by atoms with Crippen LogP contribution in [0.15, 0.2) is 42.5 Å². The van der Waals surface area contributed by atoms with E-state index in [0.29, 0.717) is 6.54 Å². The highest BCUT2D eigenvalue weighted by molar-refractivity contribution is 5.96. The number of fused-ring (bicyclic) bond motifs is 2. The van der Waals surface area contributed by atoms with Crippen LogP contribution in [0.4, 0.5) is 0 Å². The number of aliphatic carboxylic acids is 1. The number of carbonyl (C=O) groups is 1. The quantitative estimate of drug-likeness (QED) is 0.302. The van der Waals surface area contributed by atoms with Gasteiger partial charge in [0.05, 0.1) is 17.6 Å². The summed E-state index contributed by atoms with van der Waals surface area (Å²) in [6.07, 6.45) is 0.953. The van der Waals surface area contributed by atoms with Gasteiger partial charge in [0.25, 0.3) is 0 Å². The predicted molar refractivity (Wildman–Crippen MR) is 110 cm³/mol. The van der Waals surface area contributed by atoms with Crippen LogP contribution in [-0.4, -0.2) is 39.3 Å². The van der Waals surface area contributed by atoms with Crippen molar-refractivity contribution in [1.82, 2.24) is 20.5 Å². The Hall–Kier alpha value is -3.16. The number of benzene rings is 2. The summed E-state index contributed by atoms with van der Waals surface area (Å²) in [7, 11) is 0. The van der Waals surface area contributed by atoms with E-state index in [2.05, 4.69) is 38.7 Å². The molecule has 144 valence electrons. The standard InChI is InChI=1S/C21H23N5O2/c22-7-2-8-23-12-14-3-1-4-17-16(14)11-19(24-17)21-15-6-5-13(10-20(27)28)9-18(15)25-26-21/h1,3-6,9,11,23-24H,2,7-8,10,12,22H2,(H,25,26)(H,27,28). The summed E-state index contributed by atoms with van der Waals surface area (Å²) in [6.45, 7) is 2.37. The Balaban J connectivity index is 1.66. The van der Waals surface area contributed by atoms with Crippen LogP contribution in [0.5, 0.6) is 0 Å². The van der Waals surface area contributed by atoms with Gasteiger partial charge in [-0.3, -0.25) is 9.89 Å². The van der Waals surface area contributed by atoms with Crippen LogP contribution >= 0.6 is 0 Å². The molecule has 0 spiro atoms. The van der Waals surface area contributed by atoms with Crippen LogP contribution < -0.4 is 11.1 Å². The highest BCUT2D eigenvalue weighted by Gasteiger charge is 2.13. The molecule has 0 saturated carbocycles. The number of hydrogen-bond donors (Lipinski definition) is 5. The lowest BCUT2D eigenvalue weighted by molar-refractivity contribution is -0.136. The fourth-order valence-electron chi connectivity index (χ4n) is 3.51. The van der Waals surface area contributed by atoms with Gasteiger partial charge in [-0.1, -0.05) is 24.3 Å². The van der Waals surface area contributed by atoms with Gasteiger partial charge in [0, 0.05) is 22.8 Å². The van der Waals surface area contributed by atoms with Gasteiger partial charge in [-0.25, -0.2) is 0 Å². The lowest BCUT2D eigenvalue weighted by Gasteiger charge is -2.05. The third kappa shape index (κ3) is 3.62. The van der Waals surface area contributed by atoms with Crippen LogP contribution in [0.25, 0.3) is 33.2 Å². The minimum absolute atomic E-state index is 0.00278. The maximum atomic E-state index is 10.9. The van der Waals surface area contributed by atoms with Gasteiger partial charge in [0.1, 0.15) is 5.69 Å². The number of aromatic amines is 2. The molecule has 7 nitrogen and oxygen atoms in total. The van der Waals surface area contributed by atoms with E-state index < -0.39 is 5.97 Å². The fraction of sp³-hybridized carbons (Fsp3) is 0.238. The van der Waals surface area contributed by atoms with Crippen molar-refractivity contribution in [1.29, 1.82) is 0 Å². The van der Waals surface area contributed by atoms with Crippen LogP contribution in [0.3, 0.4) is 0 Å². The Kier molecular flexibility index (Phi) is 5.10. The van der Waals surface area contributed by atoms with Crippen LogP contribution in [0.1, 0.15) is 17.5 Å². The average Bonchev–Trinajstić information content (AvgIpc) is 3.28. The third-order valence-electron chi connectivity index (χ3n) is 4.87. The number of nitrogens with one attached hydrogen (secondary N) is 3. The summed E-state index contributed by atoms with van der Waals surface area (Å²) in [4.78, 5) is 14.4. The maximum absolute atomic E-state index is 10.9. The molecule has 0 unspecified atom stereocenters. The van der Waals surface area contributed by atoms with Gasteiger partial charge in [-0.2, -0.15) is 5.10 Å². The molecule has 2 heterocycles. The molecule has 0 amide bonds. The van der Waals surface area contributed by atoms with Crippen LogP contribution in [0.2, 0.25) is 0 Å². The summed E-state index contributed by atoms with van der Waals surface area (Å²) in [5.74, 6) is -0.845. The van der Waals surface area contributed by atoms with E-state index >= 15 is 0 Å². The van der Waals surface area contributed by atoms with E-state index in [1.165, 1.54) is 5.56 Å². The van der Waals surface area contributed by atoms with Crippen LogP contribution in [-0.2, 0) is 17.8 Å². The number of nitrogens with two attached hydrogens (primary N) is 1. The smallest absolute Gasteiger partial charge is 0.307 e. The normalized spacial score (nSPS) is 11.5. The average molecular weight is 377 g/mol. The Morgan fingerprint density at radius 3 is 2.86 bits per heavy atom. The van der Waals surface area contributed by atoms with Gasteiger partial charge in [-0.05, 0) is 48.8 Å². The summed E-state index contributed by atoms with van der Waals surface area (Å²) in [5.41, 5.74) is 11.2. The molecule has 28 heavy (non-hydrogen) atoms. The van der Waals surface area contributed by atoms with E-state index in [9.17, 15) is 4.79 Å². The molecule has 0 atom stereocenters. The Morgan fingerprint density at radius 2 is 2.04 bits per heavy atom. The van der Waals surface area contributed by atoms with Crippen molar-refractivity contribution in [2.24, 2.45) is 5.73 Å². The first kappa shape index (κ1) is 18.2. The second kappa shape index (κ2) is 7.84. The van der Waals surface area contributed by atoms with Gasteiger partial charge in [0.2, 0.25) is 0 Å². The minimum Gasteiger partial charge on any atom is -0.481 e. The summed E-state index contributed by atoms with van der Waals surface area (Å²) >= 11 is 0. The molecule has 4 rings (SSSR count). The van der Waals surface area contributed by atoms with E-state index in [4.69, 9.17) is 10.8 Å².